The Morgan fingerprint density at radius 3 is 2.55 bits per heavy atom. The minimum atomic E-state index is -4.00. The Morgan fingerprint density at radius 2 is 1.79 bits per heavy atom. The lowest BCUT2D eigenvalue weighted by atomic mass is 9.99. The minimum absolute atomic E-state index is 0.108. The highest BCUT2D eigenvalue weighted by Crippen LogP contribution is 2.43. The molecule has 0 bridgehead atoms. The van der Waals surface area contributed by atoms with Gasteiger partial charge in [0.1, 0.15) is 18.7 Å². The molecular weight excluding hydrogens is 611 g/mol. The first-order valence-electron chi connectivity index (χ1n) is 16.1. The van der Waals surface area contributed by atoms with Gasteiger partial charge in [-0.2, -0.15) is 0 Å². The van der Waals surface area contributed by atoms with E-state index in [1.54, 1.807) is 29.2 Å². The third-order valence-electron chi connectivity index (χ3n) is 9.46. The van der Waals surface area contributed by atoms with Gasteiger partial charge in [-0.3, -0.25) is 4.79 Å². The Balaban J connectivity index is 1.26. The van der Waals surface area contributed by atoms with E-state index in [0.29, 0.717) is 65.8 Å². The fraction of sp³-hybridized carbons (Fsp3) is 0.270. The molecule has 0 unspecified atom stereocenters. The summed E-state index contributed by atoms with van der Waals surface area (Å²) in [7, 11) is -4.00. The van der Waals surface area contributed by atoms with E-state index in [-0.39, 0.29) is 10.8 Å². The molecule has 1 saturated carbocycles. The molecule has 1 amide bonds. The molecule has 3 aromatic carbocycles. The number of carbonyl (C=O) groups is 1. The number of nitrogens with one attached hydrogen (secondary N) is 1. The number of aromatic nitrogens is 3. The summed E-state index contributed by atoms with van der Waals surface area (Å²) < 4.78 is 36.1. The van der Waals surface area contributed by atoms with Crippen LogP contribution < -0.4 is 15.0 Å². The SMILES string of the molecule is Cc1ccc(S(=O)(=O)n2c(C3=CCNCC3)cc3c(-c4cccc(N5CCOc6cc(C7CC7)ccc6C5=O)c4C)ncnc32)cc1. The van der Waals surface area contributed by atoms with Crippen molar-refractivity contribution in [1.82, 2.24) is 19.3 Å². The summed E-state index contributed by atoms with van der Waals surface area (Å²) in [4.78, 5) is 25.2. The average Bonchev–Trinajstić information content (AvgIpc) is 3.88. The van der Waals surface area contributed by atoms with Crippen LogP contribution in [0, 0.1) is 13.8 Å². The Morgan fingerprint density at radius 1 is 0.957 bits per heavy atom. The third-order valence-corrected chi connectivity index (χ3v) is 11.2. The Hall–Kier alpha value is -4.80. The van der Waals surface area contributed by atoms with Crippen LogP contribution in [0.5, 0.6) is 5.75 Å². The van der Waals surface area contributed by atoms with Crippen molar-refractivity contribution in [2.24, 2.45) is 0 Å². The lowest BCUT2D eigenvalue weighted by molar-refractivity contribution is 0.0989. The van der Waals surface area contributed by atoms with Crippen LogP contribution in [0.15, 0.2) is 84.0 Å². The van der Waals surface area contributed by atoms with Gasteiger partial charge in [-0.15, -0.1) is 0 Å². The smallest absolute Gasteiger partial charge is 0.269 e. The molecule has 0 spiro atoms. The van der Waals surface area contributed by atoms with Crippen molar-refractivity contribution in [2.75, 3.05) is 31.1 Å². The van der Waals surface area contributed by atoms with Gasteiger partial charge in [0, 0.05) is 23.2 Å². The van der Waals surface area contributed by atoms with E-state index in [1.807, 2.05) is 62.4 Å². The average molecular weight is 646 g/mol. The zero-order chi connectivity index (χ0) is 32.3. The number of hydrogen-bond donors (Lipinski definition) is 1. The lowest BCUT2D eigenvalue weighted by Gasteiger charge is -2.23. The van der Waals surface area contributed by atoms with Crippen molar-refractivity contribution in [3.63, 3.8) is 0 Å². The summed E-state index contributed by atoms with van der Waals surface area (Å²) in [6.45, 7) is 6.08. The summed E-state index contributed by atoms with van der Waals surface area (Å²) in [6.07, 6.45) is 6.50. The maximum atomic E-state index is 14.3. The molecule has 0 saturated heterocycles. The number of fused-ring (bicyclic) bond motifs is 2. The molecular formula is C37H35N5O4S. The maximum Gasteiger partial charge on any atom is 0.269 e. The summed E-state index contributed by atoms with van der Waals surface area (Å²) in [5.41, 5.74) is 7.62. The molecule has 10 heteroatoms. The van der Waals surface area contributed by atoms with Gasteiger partial charge < -0.3 is 15.0 Å². The van der Waals surface area contributed by atoms with E-state index in [1.165, 1.54) is 28.7 Å². The van der Waals surface area contributed by atoms with Crippen LogP contribution in [0.1, 0.15) is 57.9 Å². The monoisotopic (exact) mass is 645 g/mol. The molecule has 5 aromatic rings. The molecule has 2 aromatic heterocycles. The lowest BCUT2D eigenvalue weighted by Crippen LogP contribution is -2.33. The number of nitrogens with zero attached hydrogens (tertiary/aromatic N) is 4. The Kier molecular flexibility index (Phi) is 7.22. The van der Waals surface area contributed by atoms with E-state index < -0.39 is 10.0 Å². The van der Waals surface area contributed by atoms with E-state index in [9.17, 15) is 13.2 Å². The number of benzene rings is 3. The Bertz CT molecular complexity index is 2200. The van der Waals surface area contributed by atoms with Crippen molar-refractivity contribution in [3.8, 4) is 17.0 Å². The number of rotatable bonds is 6. The van der Waals surface area contributed by atoms with Crippen molar-refractivity contribution in [3.05, 3.63) is 107 Å². The molecule has 0 atom stereocenters. The van der Waals surface area contributed by atoms with Crippen LogP contribution in [-0.4, -0.2) is 54.5 Å². The van der Waals surface area contributed by atoms with Crippen LogP contribution in [0.3, 0.4) is 0 Å². The standard InChI is InChI=1S/C37H35N5O4S/c1-23-6-11-28(12-7-23)47(44,45)42-33(26-14-16-38-17-15-26)21-31-35(39-22-40-36(31)42)29-4-3-5-32(24(29)2)41-18-19-46-34-20-27(25-8-9-25)10-13-30(34)37(41)43/h3-7,10-14,20-22,25,38H,8-9,15-19H2,1-2H3. The van der Waals surface area contributed by atoms with Crippen LogP contribution in [-0.2, 0) is 10.0 Å². The van der Waals surface area contributed by atoms with Crippen LogP contribution >= 0.6 is 0 Å². The van der Waals surface area contributed by atoms with E-state index in [0.717, 1.165) is 34.5 Å². The quantitative estimate of drug-likeness (QED) is 0.233. The van der Waals surface area contributed by atoms with Gasteiger partial charge in [-0.25, -0.2) is 22.4 Å². The molecule has 1 fully saturated rings. The molecule has 3 aliphatic rings. The second kappa shape index (κ2) is 11.5. The van der Waals surface area contributed by atoms with Crippen LogP contribution in [0.4, 0.5) is 5.69 Å². The molecule has 1 N–H and O–H groups in total. The molecule has 47 heavy (non-hydrogen) atoms. The molecule has 0 radical (unpaired) electrons. The van der Waals surface area contributed by atoms with E-state index >= 15 is 0 Å². The number of anilines is 1. The highest BCUT2D eigenvalue weighted by Gasteiger charge is 2.31. The third kappa shape index (κ3) is 5.12. The predicted molar refractivity (Wildman–Crippen MR) is 183 cm³/mol. The number of hydrogen-bond acceptors (Lipinski definition) is 7. The van der Waals surface area contributed by atoms with Crippen molar-refractivity contribution < 1.29 is 17.9 Å². The summed E-state index contributed by atoms with van der Waals surface area (Å²) >= 11 is 0. The number of carbonyl (C=O) groups excluding carboxylic acids is 1. The predicted octanol–water partition coefficient (Wildman–Crippen LogP) is 6.25. The van der Waals surface area contributed by atoms with Gasteiger partial charge in [0.25, 0.3) is 15.9 Å². The zero-order valence-electron chi connectivity index (χ0n) is 26.4. The minimum Gasteiger partial charge on any atom is -0.491 e. The number of aryl methyl sites for hydroxylation is 1. The second-order valence-corrected chi connectivity index (χ2v) is 14.3. The largest absolute Gasteiger partial charge is 0.491 e. The molecule has 8 rings (SSSR count). The first-order valence-corrected chi connectivity index (χ1v) is 17.5. The summed E-state index contributed by atoms with van der Waals surface area (Å²) in [5.74, 6) is 1.10. The molecule has 9 nitrogen and oxygen atoms in total. The molecule has 238 valence electrons. The summed E-state index contributed by atoms with van der Waals surface area (Å²) in [5, 5.41) is 3.94. The van der Waals surface area contributed by atoms with Crippen LogP contribution in [0.25, 0.3) is 27.9 Å². The van der Waals surface area contributed by atoms with Gasteiger partial charge in [0.2, 0.25) is 0 Å². The molecule has 1 aliphatic carbocycles. The van der Waals surface area contributed by atoms with Gasteiger partial charge in [-0.05, 0) is 98.7 Å². The Labute approximate surface area is 274 Å². The molecule has 4 heterocycles. The maximum absolute atomic E-state index is 14.3. The normalized spacial score (nSPS) is 16.9. The van der Waals surface area contributed by atoms with E-state index in [2.05, 4.69) is 10.3 Å². The highest BCUT2D eigenvalue weighted by molar-refractivity contribution is 7.90. The second-order valence-electron chi connectivity index (χ2n) is 12.5. The van der Waals surface area contributed by atoms with Crippen LogP contribution in [0.2, 0.25) is 0 Å². The summed E-state index contributed by atoms with van der Waals surface area (Å²) in [6, 6.07) is 20.6. The van der Waals surface area contributed by atoms with Gasteiger partial charge in [0.05, 0.1) is 28.4 Å². The van der Waals surface area contributed by atoms with Crippen molar-refractivity contribution in [2.45, 2.75) is 43.9 Å². The van der Waals surface area contributed by atoms with Gasteiger partial charge >= 0.3 is 0 Å². The van der Waals surface area contributed by atoms with Gasteiger partial charge in [-0.1, -0.05) is 42.0 Å². The molecule has 2 aliphatic heterocycles. The van der Waals surface area contributed by atoms with Crippen molar-refractivity contribution >= 4 is 38.2 Å². The van der Waals surface area contributed by atoms with Crippen molar-refractivity contribution in [1.29, 1.82) is 0 Å². The first-order chi connectivity index (χ1) is 22.8. The topological polar surface area (TPSA) is 106 Å². The fourth-order valence-electron chi connectivity index (χ4n) is 6.74. The number of amides is 1. The zero-order valence-corrected chi connectivity index (χ0v) is 27.2. The van der Waals surface area contributed by atoms with E-state index in [4.69, 9.17) is 9.72 Å². The highest BCUT2D eigenvalue weighted by atomic mass is 32.2. The fourth-order valence-corrected chi connectivity index (χ4v) is 8.24. The first kappa shape index (κ1) is 29.6. The van der Waals surface area contributed by atoms with Gasteiger partial charge in [0.15, 0.2) is 5.65 Å². The number of ether oxygens (including phenoxy) is 1.